The first kappa shape index (κ1) is 30.8. The normalized spacial score (nSPS) is 14.4. The van der Waals surface area contributed by atoms with Gasteiger partial charge in [0.15, 0.2) is 10.9 Å². The van der Waals surface area contributed by atoms with Gasteiger partial charge in [0.2, 0.25) is 0 Å². The molecule has 7 nitrogen and oxygen atoms in total. The molecular weight excluding hydrogens is 525 g/mol. The molecule has 2 N–H and O–H groups in total. The average Bonchev–Trinajstić information content (AvgIpc) is 3.37. The summed E-state index contributed by atoms with van der Waals surface area (Å²) in [6.45, 7) is 5.08. The fourth-order valence-corrected chi connectivity index (χ4v) is 4.48. The molecule has 3 aromatic rings. The summed E-state index contributed by atoms with van der Waals surface area (Å²) in [5, 5.41) is 9.70. The quantitative estimate of drug-likeness (QED) is 0.191. The van der Waals surface area contributed by atoms with Crippen LogP contribution in [0.5, 0.6) is 5.75 Å². The number of hydrogen-bond donors (Lipinski definition) is 1. The fourth-order valence-electron chi connectivity index (χ4n) is 3.58. The van der Waals surface area contributed by atoms with Crippen molar-refractivity contribution < 1.29 is 18.9 Å². The molecule has 0 saturated carbocycles. The molecule has 1 heterocycles. The van der Waals surface area contributed by atoms with Crippen molar-refractivity contribution >= 4 is 52.8 Å². The minimum absolute atomic E-state index is 0. The van der Waals surface area contributed by atoms with Gasteiger partial charge in [-0.25, -0.2) is 9.98 Å². The molecule has 0 bridgehead atoms. The van der Waals surface area contributed by atoms with E-state index >= 15 is 0 Å². The first-order valence-electron chi connectivity index (χ1n) is 11.6. The topological polar surface area (TPSA) is 87.9 Å². The third-order valence-corrected chi connectivity index (χ3v) is 6.28. The number of halogens is 3. The number of rotatable bonds is 8. The van der Waals surface area contributed by atoms with Crippen LogP contribution in [-0.2, 0) is 0 Å². The summed E-state index contributed by atoms with van der Waals surface area (Å²) in [6.07, 6.45) is 5.25. The standard InChI is InChI=1S/C28H27FN6OS.2FH/c1-20(2)17-23-5-3-4-6-26(23)35-15-16-37-28(35)34-33-18-21-7-9-22(10-8-21)27(30)32-19-31-24-11-13-25(36-29)14-12-24;;/h3-14,17-19H,15-16H2,1-2H3,(H2,30,31,32);2*1H/b33-18+,34-28-;;. The van der Waals surface area contributed by atoms with E-state index in [4.69, 9.17) is 5.73 Å². The number of nitrogens with zero attached hydrogens (tertiary/aromatic N) is 5. The summed E-state index contributed by atoms with van der Waals surface area (Å²) in [7, 11) is 0. The predicted molar refractivity (Wildman–Crippen MR) is 159 cm³/mol. The maximum atomic E-state index is 12.1. The average molecular weight is 555 g/mol. The molecule has 3 aromatic carbocycles. The zero-order valence-corrected chi connectivity index (χ0v) is 22.2. The molecule has 0 aromatic heterocycles. The molecule has 0 unspecified atom stereocenters. The highest BCUT2D eigenvalue weighted by atomic mass is 32.2. The third kappa shape index (κ3) is 8.57. The highest BCUT2D eigenvalue weighted by Crippen LogP contribution is 2.30. The predicted octanol–water partition coefficient (Wildman–Crippen LogP) is 6.69. The molecule has 0 atom stereocenters. The van der Waals surface area contributed by atoms with Crippen LogP contribution in [0.3, 0.4) is 0 Å². The monoisotopic (exact) mass is 554 g/mol. The van der Waals surface area contributed by atoms with Crippen molar-refractivity contribution in [2.75, 3.05) is 17.2 Å². The van der Waals surface area contributed by atoms with E-state index in [0.29, 0.717) is 11.5 Å². The van der Waals surface area contributed by atoms with Gasteiger partial charge >= 0.3 is 0 Å². The molecule has 0 spiro atoms. The van der Waals surface area contributed by atoms with Crippen LogP contribution < -0.4 is 15.6 Å². The van der Waals surface area contributed by atoms with Crippen LogP contribution >= 0.6 is 11.8 Å². The van der Waals surface area contributed by atoms with Crippen LogP contribution in [-0.4, -0.2) is 35.9 Å². The van der Waals surface area contributed by atoms with E-state index in [0.717, 1.165) is 34.3 Å². The molecule has 39 heavy (non-hydrogen) atoms. The van der Waals surface area contributed by atoms with Gasteiger partial charge in [-0.1, -0.05) is 65.9 Å². The lowest BCUT2D eigenvalue weighted by Crippen LogP contribution is -2.24. The molecule has 1 saturated heterocycles. The zero-order chi connectivity index (χ0) is 26.0. The van der Waals surface area contributed by atoms with Gasteiger partial charge in [-0.3, -0.25) is 14.4 Å². The molecule has 0 amide bonds. The van der Waals surface area contributed by atoms with Gasteiger partial charge in [-0.05, 0) is 55.3 Å². The van der Waals surface area contributed by atoms with E-state index in [1.165, 1.54) is 29.6 Å². The Balaban J connectivity index is 0.00000267. The number of hydrogen-bond acceptors (Lipinski definition) is 5. The van der Waals surface area contributed by atoms with E-state index in [1.807, 2.05) is 36.4 Å². The summed E-state index contributed by atoms with van der Waals surface area (Å²) >= 11 is 1.70. The number of thioether (sulfide) groups is 1. The van der Waals surface area contributed by atoms with Crippen molar-refractivity contribution in [2.45, 2.75) is 13.8 Å². The summed E-state index contributed by atoms with van der Waals surface area (Å²) < 4.78 is 12.1. The second-order valence-corrected chi connectivity index (χ2v) is 9.42. The van der Waals surface area contributed by atoms with Crippen molar-refractivity contribution in [1.29, 1.82) is 0 Å². The number of aliphatic imine (C=N–C) groups is 2. The lowest BCUT2D eigenvalue weighted by Gasteiger charge is -2.19. The van der Waals surface area contributed by atoms with E-state index < -0.39 is 0 Å². The second kappa shape index (κ2) is 15.1. The highest BCUT2D eigenvalue weighted by molar-refractivity contribution is 8.14. The Kier molecular flexibility index (Phi) is 12.0. The number of allylic oxidation sites excluding steroid dienone is 1. The Labute approximate surface area is 229 Å². The van der Waals surface area contributed by atoms with Gasteiger partial charge in [-0.15, -0.1) is 5.10 Å². The minimum atomic E-state index is 0. The maximum Gasteiger partial charge on any atom is 0.190 e. The van der Waals surface area contributed by atoms with Crippen LogP contribution in [0.25, 0.3) is 6.08 Å². The Morgan fingerprint density at radius 2 is 1.72 bits per heavy atom. The van der Waals surface area contributed by atoms with Gasteiger partial charge in [-0.2, -0.15) is 5.10 Å². The van der Waals surface area contributed by atoms with Crippen LogP contribution in [0.1, 0.15) is 30.5 Å². The summed E-state index contributed by atoms with van der Waals surface area (Å²) in [5.74, 6) is 1.40. The molecule has 4 rings (SSSR count). The largest absolute Gasteiger partial charge is 0.383 e. The van der Waals surface area contributed by atoms with Gasteiger partial charge in [0.1, 0.15) is 12.2 Å². The zero-order valence-electron chi connectivity index (χ0n) is 21.4. The van der Waals surface area contributed by atoms with Gasteiger partial charge in [0, 0.05) is 22.4 Å². The third-order valence-electron chi connectivity index (χ3n) is 5.33. The van der Waals surface area contributed by atoms with E-state index in [-0.39, 0.29) is 15.2 Å². The first-order valence-corrected chi connectivity index (χ1v) is 12.6. The van der Waals surface area contributed by atoms with Crippen molar-refractivity contribution in [3.05, 3.63) is 95.1 Å². The SMILES string of the molecule is CC(C)=Cc1ccccc1N1CCS/C1=N\N=C\c1ccc(C(N)=NC=Nc2ccc(OF)cc2)cc1.F.F. The smallest absolute Gasteiger partial charge is 0.190 e. The van der Waals surface area contributed by atoms with Crippen molar-refractivity contribution in [1.82, 2.24) is 0 Å². The van der Waals surface area contributed by atoms with Crippen LogP contribution in [0.15, 0.2) is 98.6 Å². The van der Waals surface area contributed by atoms with Gasteiger partial charge in [0.25, 0.3) is 0 Å². The molecule has 0 radical (unpaired) electrons. The van der Waals surface area contributed by atoms with E-state index in [1.54, 1.807) is 30.1 Å². The lowest BCUT2D eigenvalue weighted by atomic mass is 10.1. The summed E-state index contributed by atoms with van der Waals surface area (Å²) in [5.41, 5.74) is 11.9. The van der Waals surface area contributed by atoms with Crippen molar-refractivity contribution in [2.24, 2.45) is 25.9 Å². The number of nitrogens with two attached hydrogens (primary N) is 1. The summed E-state index contributed by atoms with van der Waals surface area (Å²) in [6, 6.07) is 22.0. The first-order chi connectivity index (χ1) is 18.0. The molecule has 0 aliphatic carbocycles. The van der Waals surface area contributed by atoms with Gasteiger partial charge in [0.05, 0.1) is 17.6 Å². The number of amidine groups is 2. The lowest BCUT2D eigenvalue weighted by molar-refractivity contribution is -0.00618. The Morgan fingerprint density at radius 1 is 1.00 bits per heavy atom. The van der Waals surface area contributed by atoms with Crippen LogP contribution in [0.4, 0.5) is 25.3 Å². The fraction of sp³-hybridized carbons (Fsp3) is 0.143. The second-order valence-electron chi connectivity index (χ2n) is 8.36. The van der Waals surface area contributed by atoms with Crippen LogP contribution in [0.2, 0.25) is 0 Å². The Morgan fingerprint density at radius 3 is 2.41 bits per heavy atom. The number of benzene rings is 3. The summed E-state index contributed by atoms with van der Waals surface area (Å²) in [4.78, 5) is 14.2. The minimum Gasteiger partial charge on any atom is -0.383 e. The van der Waals surface area contributed by atoms with Crippen molar-refractivity contribution in [3.8, 4) is 5.75 Å². The van der Waals surface area contributed by atoms with E-state index in [2.05, 4.69) is 62.1 Å². The van der Waals surface area contributed by atoms with Gasteiger partial charge < -0.3 is 10.6 Å². The molecular formula is C28H29F3N6OS. The Bertz CT molecular complexity index is 1370. The van der Waals surface area contributed by atoms with E-state index in [9.17, 15) is 4.53 Å². The molecule has 1 aliphatic heterocycles. The Hall–Kier alpha value is -4.38. The highest BCUT2D eigenvalue weighted by Gasteiger charge is 2.22. The van der Waals surface area contributed by atoms with Crippen molar-refractivity contribution in [3.63, 3.8) is 0 Å². The molecule has 204 valence electrons. The number of anilines is 1. The number of para-hydroxylation sites is 1. The maximum absolute atomic E-state index is 12.1. The molecule has 1 fully saturated rings. The molecule has 11 heteroatoms. The van der Waals surface area contributed by atoms with Crippen LogP contribution in [0, 0.1) is 0 Å². The molecule has 1 aliphatic rings.